The summed E-state index contributed by atoms with van der Waals surface area (Å²) in [6, 6.07) is 4.45. The monoisotopic (exact) mass is 247 g/mol. The Labute approximate surface area is 106 Å². The lowest BCUT2D eigenvalue weighted by molar-refractivity contribution is 0.241. The molecule has 0 fully saturated rings. The molecular formula is C13H17N3S. The van der Waals surface area contributed by atoms with Crippen LogP contribution in [0.4, 0.5) is 0 Å². The van der Waals surface area contributed by atoms with Crippen LogP contribution in [0.5, 0.6) is 0 Å². The van der Waals surface area contributed by atoms with Crippen LogP contribution in [0.25, 0.3) is 0 Å². The summed E-state index contributed by atoms with van der Waals surface area (Å²) in [6.07, 6.45) is 1.20. The van der Waals surface area contributed by atoms with Crippen molar-refractivity contribution in [3.05, 3.63) is 39.3 Å². The Bertz CT molecular complexity index is 527. The summed E-state index contributed by atoms with van der Waals surface area (Å²) in [5, 5.41) is 6.61. The van der Waals surface area contributed by atoms with Crippen LogP contribution in [0.15, 0.2) is 17.5 Å². The molecule has 0 radical (unpaired) electrons. The van der Waals surface area contributed by atoms with Crippen LogP contribution in [0, 0.1) is 6.92 Å². The molecule has 0 saturated heterocycles. The van der Waals surface area contributed by atoms with Gasteiger partial charge in [0.25, 0.3) is 0 Å². The number of nitrogens with zero attached hydrogens (tertiary/aromatic N) is 3. The predicted molar refractivity (Wildman–Crippen MR) is 70.1 cm³/mol. The van der Waals surface area contributed by atoms with E-state index < -0.39 is 0 Å². The van der Waals surface area contributed by atoms with E-state index in [1.165, 1.54) is 17.7 Å². The van der Waals surface area contributed by atoms with E-state index in [2.05, 4.69) is 34.4 Å². The Hall–Kier alpha value is -1.13. The molecule has 0 N–H and O–H groups in total. The average Bonchev–Trinajstić information content (AvgIpc) is 2.85. The van der Waals surface area contributed by atoms with E-state index in [-0.39, 0.29) is 0 Å². The lowest BCUT2D eigenvalue weighted by Crippen LogP contribution is -2.29. The van der Waals surface area contributed by atoms with Crippen LogP contribution in [-0.4, -0.2) is 21.2 Å². The molecule has 4 heteroatoms. The number of thiophene rings is 1. The third kappa shape index (κ3) is 2.15. The lowest BCUT2D eigenvalue weighted by atomic mass is 10.1. The Kier molecular flexibility index (Phi) is 2.76. The number of fused-ring (bicyclic) bond motifs is 1. The second kappa shape index (κ2) is 4.27. The molecule has 0 aliphatic carbocycles. The molecule has 3 rings (SSSR count). The fourth-order valence-electron chi connectivity index (χ4n) is 2.48. The van der Waals surface area contributed by atoms with Crippen LogP contribution >= 0.6 is 11.3 Å². The highest BCUT2D eigenvalue weighted by Gasteiger charge is 2.18. The van der Waals surface area contributed by atoms with Gasteiger partial charge in [0.1, 0.15) is 0 Å². The molecule has 1 aliphatic heterocycles. The SMILES string of the molecule is Cc1cc(CN2CCc3sccc3C2)n(C)n1. The van der Waals surface area contributed by atoms with E-state index in [1.54, 1.807) is 4.88 Å². The van der Waals surface area contributed by atoms with Gasteiger partial charge in [0.15, 0.2) is 0 Å². The van der Waals surface area contributed by atoms with Gasteiger partial charge in [0.05, 0.1) is 11.4 Å². The van der Waals surface area contributed by atoms with E-state index in [0.29, 0.717) is 0 Å². The molecule has 0 saturated carbocycles. The van der Waals surface area contributed by atoms with Gasteiger partial charge in [-0.3, -0.25) is 9.58 Å². The lowest BCUT2D eigenvalue weighted by Gasteiger charge is -2.26. The summed E-state index contributed by atoms with van der Waals surface area (Å²) in [5.41, 5.74) is 3.93. The van der Waals surface area contributed by atoms with Gasteiger partial charge in [0, 0.05) is 31.6 Å². The number of aromatic nitrogens is 2. The quantitative estimate of drug-likeness (QED) is 0.812. The molecular weight excluding hydrogens is 230 g/mol. The fourth-order valence-corrected chi connectivity index (χ4v) is 3.37. The van der Waals surface area contributed by atoms with Crippen LogP contribution in [0.1, 0.15) is 21.8 Å². The van der Waals surface area contributed by atoms with Crippen molar-refractivity contribution in [1.29, 1.82) is 0 Å². The summed E-state index contributed by atoms with van der Waals surface area (Å²) in [7, 11) is 2.03. The van der Waals surface area contributed by atoms with Crippen molar-refractivity contribution in [3.8, 4) is 0 Å². The van der Waals surface area contributed by atoms with Gasteiger partial charge in [-0.25, -0.2) is 0 Å². The fraction of sp³-hybridized carbons (Fsp3) is 0.462. The molecule has 0 atom stereocenters. The van der Waals surface area contributed by atoms with Gasteiger partial charge < -0.3 is 0 Å². The highest BCUT2D eigenvalue weighted by molar-refractivity contribution is 7.10. The van der Waals surface area contributed by atoms with Crippen molar-refractivity contribution in [1.82, 2.24) is 14.7 Å². The maximum absolute atomic E-state index is 4.40. The molecule has 3 nitrogen and oxygen atoms in total. The summed E-state index contributed by atoms with van der Waals surface area (Å²) >= 11 is 1.90. The molecule has 0 amide bonds. The Morgan fingerprint density at radius 3 is 3.12 bits per heavy atom. The van der Waals surface area contributed by atoms with Gasteiger partial charge in [0.2, 0.25) is 0 Å². The molecule has 0 unspecified atom stereocenters. The highest BCUT2D eigenvalue weighted by Crippen LogP contribution is 2.24. The highest BCUT2D eigenvalue weighted by atomic mass is 32.1. The first kappa shape index (κ1) is 11.0. The predicted octanol–water partition coefficient (Wildman–Crippen LogP) is 2.35. The smallest absolute Gasteiger partial charge is 0.0597 e. The minimum absolute atomic E-state index is 1.01. The normalized spacial score (nSPS) is 16.1. The minimum Gasteiger partial charge on any atom is -0.293 e. The van der Waals surface area contributed by atoms with Crippen molar-refractivity contribution in [2.24, 2.45) is 7.05 Å². The molecule has 0 bridgehead atoms. The van der Waals surface area contributed by atoms with Gasteiger partial charge in [-0.1, -0.05) is 0 Å². The number of aryl methyl sites for hydroxylation is 2. The second-order valence-corrected chi connectivity index (χ2v) is 5.73. The van der Waals surface area contributed by atoms with Gasteiger partial charge in [-0.05, 0) is 36.4 Å². The van der Waals surface area contributed by atoms with Crippen LogP contribution in [0.3, 0.4) is 0 Å². The minimum atomic E-state index is 1.01. The van der Waals surface area contributed by atoms with Crippen LogP contribution in [-0.2, 0) is 26.6 Å². The van der Waals surface area contributed by atoms with Crippen LogP contribution < -0.4 is 0 Å². The first-order valence-corrected chi connectivity index (χ1v) is 6.87. The molecule has 3 heterocycles. The van der Waals surface area contributed by atoms with E-state index in [1.807, 2.05) is 23.1 Å². The number of hydrogen-bond acceptors (Lipinski definition) is 3. The summed E-state index contributed by atoms with van der Waals surface area (Å²) < 4.78 is 2.00. The maximum atomic E-state index is 4.40. The molecule has 90 valence electrons. The second-order valence-electron chi connectivity index (χ2n) is 4.73. The van der Waals surface area contributed by atoms with Gasteiger partial charge >= 0.3 is 0 Å². The Balaban J connectivity index is 1.74. The molecule has 2 aromatic rings. The molecule has 0 spiro atoms. The van der Waals surface area contributed by atoms with Crippen LogP contribution in [0.2, 0.25) is 0 Å². The van der Waals surface area contributed by atoms with Crippen molar-refractivity contribution in [2.75, 3.05) is 6.54 Å². The summed E-state index contributed by atoms with van der Waals surface area (Å²) in [6.45, 7) is 5.31. The topological polar surface area (TPSA) is 21.1 Å². The van der Waals surface area contributed by atoms with E-state index >= 15 is 0 Å². The average molecular weight is 247 g/mol. The molecule has 17 heavy (non-hydrogen) atoms. The van der Waals surface area contributed by atoms with Gasteiger partial charge in [-0.2, -0.15) is 5.10 Å². The zero-order chi connectivity index (χ0) is 11.8. The number of hydrogen-bond donors (Lipinski definition) is 0. The van der Waals surface area contributed by atoms with Crippen molar-refractivity contribution in [2.45, 2.75) is 26.4 Å². The van der Waals surface area contributed by atoms with E-state index in [4.69, 9.17) is 0 Å². The summed E-state index contributed by atoms with van der Waals surface area (Å²) in [4.78, 5) is 4.08. The molecule has 1 aliphatic rings. The van der Waals surface area contributed by atoms with Gasteiger partial charge in [-0.15, -0.1) is 11.3 Å². The number of rotatable bonds is 2. The largest absolute Gasteiger partial charge is 0.293 e. The van der Waals surface area contributed by atoms with Crippen molar-refractivity contribution >= 4 is 11.3 Å². The standard InChI is InChI=1S/C13H17N3S/c1-10-7-12(15(2)14-10)9-16-5-3-13-11(8-16)4-6-17-13/h4,6-7H,3,5,8-9H2,1-2H3. The zero-order valence-electron chi connectivity index (χ0n) is 10.3. The Morgan fingerprint density at radius 1 is 1.47 bits per heavy atom. The third-order valence-corrected chi connectivity index (χ3v) is 4.39. The van der Waals surface area contributed by atoms with E-state index in [0.717, 1.165) is 25.3 Å². The third-order valence-electron chi connectivity index (χ3n) is 3.37. The maximum Gasteiger partial charge on any atom is 0.0597 e. The first-order chi connectivity index (χ1) is 8.22. The van der Waals surface area contributed by atoms with Crippen molar-refractivity contribution in [3.63, 3.8) is 0 Å². The zero-order valence-corrected chi connectivity index (χ0v) is 11.1. The molecule has 0 aromatic carbocycles. The van der Waals surface area contributed by atoms with Crippen molar-refractivity contribution < 1.29 is 0 Å². The Morgan fingerprint density at radius 2 is 2.35 bits per heavy atom. The van der Waals surface area contributed by atoms with E-state index in [9.17, 15) is 0 Å². The molecule has 2 aromatic heterocycles. The summed E-state index contributed by atoms with van der Waals surface area (Å²) in [5.74, 6) is 0. The first-order valence-electron chi connectivity index (χ1n) is 5.99.